The molecule has 19 heavy (non-hydrogen) atoms. The van der Waals surface area contributed by atoms with Gasteiger partial charge in [-0.25, -0.2) is 0 Å². The molecule has 0 bridgehead atoms. The van der Waals surface area contributed by atoms with Crippen LogP contribution < -0.4 is 0 Å². The van der Waals surface area contributed by atoms with Gasteiger partial charge < -0.3 is 9.80 Å². The van der Waals surface area contributed by atoms with Gasteiger partial charge in [0.15, 0.2) is 0 Å². The van der Waals surface area contributed by atoms with E-state index in [-0.39, 0.29) is 17.7 Å². The van der Waals surface area contributed by atoms with Crippen molar-refractivity contribution in [3.05, 3.63) is 0 Å². The van der Waals surface area contributed by atoms with E-state index < -0.39 is 0 Å². The van der Waals surface area contributed by atoms with Crippen LogP contribution in [0.4, 0.5) is 0 Å². The molecule has 2 unspecified atom stereocenters. The molecular formula is C15H26N2O2. The molecule has 0 aliphatic carbocycles. The van der Waals surface area contributed by atoms with Crippen LogP contribution in [-0.2, 0) is 9.59 Å². The lowest BCUT2D eigenvalue weighted by Crippen LogP contribution is -2.43. The predicted octanol–water partition coefficient (Wildman–Crippen LogP) is 1.89. The number of unbranched alkanes of at least 4 members (excludes halogenated alkanes) is 1. The van der Waals surface area contributed by atoms with Gasteiger partial charge in [0.1, 0.15) is 0 Å². The smallest absolute Gasteiger partial charge is 0.228 e. The quantitative estimate of drug-likeness (QED) is 0.779. The Balaban J connectivity index is 1.88. The first-order valence-corrected chi connectivity index (χ1v) is 7.68. The first-order valence-electron chi connectivity index (χ1n) is 7.68. The van der Waals surface area contributed by atoms with E-state index in [1.54, 1.807) is 0 Å². The molecule has 2 fully saturated rings. The summed E-state index contributed by atoms with van der Waals surface area (Å²) in [6, 6.07) is 0. The van der Waals surface area contributed by atoms with Crippen LogP contribution in [-0.4, -0.2) is 47.8 Å². The topological polar surface area (TPSA) is 40.6 Å². The zero-order valence-corrected chi connectivity index (χ0v) is 12.2. The third-order valence-corrected chi connectivity index (χ3v) is 4.31. The van der Waals surface area contributed by atoms with Gasteiger partial charge in [-0.3, -0.25) is 9.59 Å². The van der Waals surface area contributed by atoms with Crippen molar-refractivity contribution in [1.29, 1.82) is 0 Å². The van der Waals surface area contributed by atoms with Crippen LogP contribution in [0, 0.1) is 11.8 Å². The summed E-state index contributed by atoms with van der Waals surface area (Å²) in [5.74, 6) is 0.886. The standard InChI is InChI=1S/C15H26N2O2/c1-3-4-7-16-11-13(9-14(16)18)15(19)17-8-5-6-12(2)10-17/h12-13H,3-11H2,1-2H3. The fourth-order valence-corrected chi connectivity index (χ4v) is 3.15. The lowest BCUT2D eigenvalue weighted by Gasteiger charge is -2.32. The normalized spacial score (nSPS) is 28.0. The summed E-state index contributed by atoms with van der Waals surface area (Å²) in [4.78, 5) is 28.2. The zero-order valence-electron chi connectivity index (χ0n) is 12.2. The number of amides is 2. The van der Waals surface area contributed by atoms with Crippen molar-refractivity contribution in [2.24, 2.45) is 11.8 Å². The third-order valence-electron chi connectivity index (χ3n) is 4.31. The number of rotatable bonds is 4. The van der Waals surface area contributed by atoms with Crippen LogP contribution in [0.2, 0.25) is 0 Å². The molecule has 0 aromatic carbocycles. The van der Waals surface area contributed by atoms with Gasteiger partial charge in [-0.05, 0) is 25.2 Å². The summed E-state index contributed by atoms with van der Waals surface area (Å²) in [6.45, 7) is 7.53. The molecule has 2 aliphatic rings. The summed E-state index contributed by atoms with van der Waals surface area (Å²) in [5.41, 5.74) is 0. The Morgan fingerprint density at radius 3 is 2.84 bits per heavy atom. The highest BCUT2D eigenvalue weighted by atomic mass is 16.2. The molecule has 0 spiro atoms. The molecule has 2 rings (SSSR count). The Labute approximate surface area is 116 Å². The van der Waals surface area contributed by atoms with Gasteiger partial charge in [0, 0.05) is 32.6 Å². The van der Waals surface area contributed by atoms with E-state index in [2.05, 4.69) is 13.8 Å². The predicted molar refractivity (Wildman–Crippen MR) is 74.6 cm³/mol. The van der Waals surface area contributed by atoms with Gasteiger partial charge in [0.05, 0.1) is 5.92 Å². The number of hydrogen-bond acceptors (Lipinski definition) is 2. The van der Waals surface area contributed by atoms with Crippen molar-refractivity contribution in [3.8, 4) is 0 Å². The lowest BCUT2D eigenvalue weighted by molar-refractivity contribution is -0.137. The van der Waals surface area contributed by atoms with Crippen molar-refractivity contribution in [2.45, 2.75) is 46.0 Å². The van der Waals surface area contributed by atoms with Gasteiger partial charge in [-0.1, -0.05) is 20.3 Å². The molecule has 0 aromatic heterocycles. The van der Waals surface area contributed by atoms with Crippen LogP contribution in [0.5, 0.6) is 0 Å². The average Bonchev–Trinajstić information content (AvgIpc) is 2.77. The number of nitrogens with zero attached hydrogens (tertiary/aromatic N) is 2. The van der Waals surface area contributed by atoms with Gasteiger partial charge >= 0.3 is 0 Å². The first kappa shape index (κ1) is 14.4. The summed E-state index contributed by atoms with van der Waals surface area (Å²) in [6.07, 6.45) is 4.87. The van der Waals surface area contributed by atoms with Crippen LogP contribution in [0.15, 0.2) is 0 Å². The maximum Gasteiger partial charge on any atom is 0.228 e. The fourth-order valence-electron chi connectivity index (χ4n) is 3.15. The first-order chi connectivity index (χ1) is 9.11. The fraction of sp³-hybridized carbons (Fsp3) is 0.867. The monoisotopic (exact) mass is 266 g/mol. The molecule has 0 saturated carbocycles. The minimum atomic E-state index is -0.0883. The molecule has 2 aliphatic heterocycles. The van der Waals surface area contributed by atoms with E-state index in [1.807, 2.05) is 9.80 Å². The largest absolute Gasteiger partial charge is 0.342 e. The molecule has 0 aromatic rings. The molecule has 0 radical (unpaired) electrons. The second-order valence-corrected chi connectivity index (χ2v) is 6.13. The van der Waals surface area contributed by atoms with E-state index in [1.165, 1.54) is 6.42 Å². The second-order valence-electron chi connectivity index (χ2n) is 6.13. The molecule has 4 heteroatoms. The van der Waals surface area contributed by atoms with Crippen LogP contribution >= 0.6 is 0 Å². The number of carbonyl (C=O) groups is 2. The SMILES string of the molecule is CCCCN1CC(C(=O)N2CCCC(C)C2)CC1=O. The van der Waals surface area contributed by atoms with Crippen molar-refractivity contribution in [1.82, 2.24) is 9.80 Å². The molecule has 2 saturated heterocycles. The highest BCUT2D eigenvalue weighted by molar-refractivity contribution is 5.89. The summed E-state index contributed by atoms with van der Waals surface area (Å²) >= 11 is 0. The maximum atomic E-state index is 12.5. The van der Waals surface area contributed by atoms with Crippen molar-refractivity contribution in [2.75, 3.05) is 26.2 Å². The van der Waals surface area contributed by atoms with Crippen molar-refractivity contribution in [3.63, 3.8) is 0 Å². The van der Waals surface area contributed by atoms with E-state index >= 15 is 0 Å². The molecule has 2 amide bonds. The molecule has 4 nitrogen and oxygen atoms in total. The highest BCUT2D eigenvalue weighted by Crippen LogP contribution is 2.23. The van der Waals surface area contributed by atoms with Crippen LogP contribution in [0.3, 0.4) is 0 Å². The Bertz CT molecular complexity index is 343. The van der Waals surface area contributed by atoms with Crippen molar-refractivity contribution >= 4 is 11.8 Å². The second kappa shape index (κ2) is 6.40. The van der Waals surface area contributed by atoms with Gasteiger partial charge in [0.25, 0.3) is 0 Å². The lowest BCUT2D eigenvalue weighted by atomic mass is 9.98. The van der Waals surface area contributed by atoms with Gasteiger partial charge in [-0.15, -0.1) is 0 Å². The summed E-state index contributed by atoms with van der Waals surface area (Å²) in [7, 11) is 0. The van der Waals surface area contributed by atoms with Crippen LogP contribution in [0.1, 0.15) is 46.0 Å². The number of piperidine rings is 1. The number of carbonyl (C=O) groups excluding carboxylic acids is 2. The molecular weight excluding hydrogens is 240 g/mol. The Kier molecular flexibility index (Phi) is 4.83. The number of hydrogen-bond donors (Lipinski definition) is 0. The summed E-state index contributed by atoms with van der Waals surface area (Å²) < 4.78 is 0. The van der Waals surface area contributed by atoms with E-state index in [0.29, 0.717) is 18.9 Å². The Hall–Kier alpha value is -1.06. The Morgan fingerprint density at radius 1 is 1.37 bits per heavy atom. The third kappa shape index (κ3) is 3.48. The minimum Gasteiger partial charge on any atom is -0.342 e. The van der Waals surface area contributed by atoms with E-state index in [0.717, 1.165) is 38.9 Å². The molecule has 2 atom stereocenters. The maximum absolute atomic E-state index is 12.5. The van der Waals surface area contributed by atoms with Crippen molar-refractivity contribution < 1.29 is 9.59 Å². The zero-order chi connectivity index (χ0) is 13.8. The highest BCUT2D eigenvalue weighted by Gasteiger charge is 2.36. The average molecular weight is 266 g/mol. The van der Waals surface area contributed by atoms with E-state index in [9.17, 15) is 9.59 Å². The molecule has 2 heterocycles. The van der Waals surface area contributed by atoms with Crippen LogP contribution in [0.25, 0.3) is 0 Å². The number of likely N-dealkylation sites (tertiary alicyclic amines) is 2. The summed E-state index contributed by atoms with van der Waals surface area (Å²) in [5, 5.41) is 0. The molecule has 108 valence electrons. The van der Waals surface area contributed by atoms with Gasteiger partial charge in [0.2, 0.25) is 11.8 Å². The Morgan fingerprint density at radius 2 is 2.16 bits per heavy atom. The molecule has 0 N–H and O–H groups in total. The van der Waals surface area contributed by atoms with Gasteiger partial charge in [-0.2, -0.15) is 0 Å². The van der Waals surface area contributed by atoms with E-state index in [4.69, 9.17) is 0 Å². The minimum absolute atomic E-state index is 0.0883.